The number of hydrogen-bond donors (Lipinski definition) is 3. The molecule has 0 bridgehead atoms. The fourth-order valence-electron chi connectivity index (χ4n) is 5.58. The molecule has 0 radical (unpaired) electrons. The molecule has 1 saturated carbocycles. The Labute approximate surface area is 239 Å². The summed E-state index contributed by atoms with van der Waals surface area (Å²) in [5.41, 5.74) is 3.74. The quantitative estimate of drug-likeness (QED) is 0.316. The highest BCUT2D eigenvalue weighted by atomic mass is 16.5. The summed E-state index contributed by atoms with van der Waals surface area (Å²) in [5.74, 6) is 1.26. The van der Waals surface area contributed by atoms with Gasteiger partial charge in [0.15, 0.2) is 0 Å². The predicted octanol–water partition coefficient (Wildman–Crippen LogP) is 4.61. The molecule has 1 saturated heterocycles. The number of fused-ring (bicyclic) bond motifs is 1. The number of aliphatic hydroxyl groups is 1. The number of pyridine rings is 1. The van der Waals surface area contributed by atoms with Crippen molar-refractivity contribution < 1.29 is 14.6 Å². The third-order valence-electron chi connectivity index (χ3n) is 7.98. The molecule has 1 aromatic carbocycles. The Hall–Kier alpha value is -4.02. The number of benzene rings is 1. The maximum Gasteiger partial charge on any atom is 0.270 e. The number of nitrogens with one attached hydrogen (secondary N) is 2. The summed E-state index contributed by atoms with van der Waals surface area (Å²) in [5, 5.41) is 14.1. The van der Waals surface area contributed by atoms with E-state index in [0.29, 0.717) is 23.0 Å². The smallest absolute Gasteiger partial charge is 0.270 e. The fraction of sp³-hybridized carbons (Fsp3) is 0.419. The molecule has 2 aliphatic rings. The van der Waals surface area contributed by atoms with Crippen LogP contribution in [-0.4, -0.2) is 86.2 Å². The maximum atomic E-state index is 13.0. The number of rotatable bonds is 6. The zero-order valence-electron chi connectivity index (χ0n) is 23.4. The summed E-state index contributed by atoms with van der Waals surface area (Å²) in [6, 6.07) is 13.4. The van der Waals surface area contributed by atoms with Crippen LogP contribution in [0.4, 0.5) is 11.6 Å². The molecule has 1 aliphatic heterocycles. The van der Waals surface area contributed by atoms with Crippen LogP contribution in [0.1, 0.15) is 49.0 Å². The third-order valence-corrected chi connectivity index (χ3v) is 7.98. The average Bonchev–Trinajstić information content (AvgIpc) is 3.40. The minimum Gasteiger partial charge on any atom is -0.490 e. The maximum absolute atomic E-state index is 13.0. The molecule has 0 unspecified atom stereocenters. The van der Waals surface area contributed by atoms with Crippen LogP contribution in [0.15, 0.2) is 54.9 Å². The van der Waals surface area contributed by atoms with Crippen LogP contribution in [0.2, 0.25) is 0 Å². The van der Waals surface area contributed by atoms with Crippen LogP contribution < -0.4 is 10.1 Å². The highest BCUT2D eigenvalue weighted by Crippen LogP contribution is 2.27. The number of piperazine rings is 1. The van der Waals surface area contributed by atoms with Gasteiger partial charge in [-0.3, -0.25) is 9.78 Å². The van der Waals surface area contributed by atoms with Crippen molar-refractivity contribution in [3.8, 4) is 17.1 Å². The van der Waals surface area contributed by atoms with Gasteiger partial charge < -0.3 is 29.9 Å². The van der Waals surface area contributed by atoms with E-state index in [1.54, 1.807) is 12.4 Å². The van der Waals surface area contributed by atoms with E-state index in [4.69, 9.17) is 9.72 Å². The van der Waals surface area contributed by atoms with Crippen molar-refractivity contribution in [1.29, 1.82) is 0 Å². The molecule has 1 aliphatic carbocycles. The number of hydrogen-bond acceptors (Lipinski definition) is 8. The Kier molecular flexibility index (Phi) is 8.11. The highest BCUT2D eigenvalue weighted by Gasteiger charge is 2.22. The molecule has 4 aromatic rings. The number of aromatic amines is 1. The van der Waals surface area contributed by atoms with Gasteiger partial charge >= 0.3 is 0 Å². The summed E-state index contributed by atoms with van der Waals surface area (Å²) in [6.07, 6.45) is 8.90. The Morgan fingerprint density at radius 3 is 2.54 bits per heavy atom. The molecule has 214 valence electrons. The summed E-state index contributed by atoms with van der Waals surface area (Å²) in [7, 11) is 2.08. The second kappa shape index (κ2) is 12.2. The van der Waals surface area contributed by atoms with Crippen LogP contribution in [0.5, 0.6) is 5.75 Å². The minimum atomic E-state index is -0.178. The van der Waals surface area contributed by atoms with Crippen molar-refractivity contribution >= 4 is 28.4 Å². The van der Waals surface area contributed by atoms with E-state index in [-0.39, 0.29) is 18.1 Å². The molecule has 1 amide bonds. The van der Waals surface area contributed by atoms with Gasteiger partial charge in [-0.25, -0.2) is 9.97 Å². The summed E-state index contributed by atoms with van der Waals surface area (Å²) < 4.78 is 6.30. The van der Waals surface area contributed by atoms with Gasteiger partial charge in [-0.05, 0) is 82.0 Å². The SMILES string of the molecule is CN1CCN(C(=O)c2cc3cc(Nc4nccc(-c5cc(OC6CCCC(O)CCC6)ccn5)n4)ccc3[nH]2)CC1. The number of H-pyrrole nitrogens is 1. The molecule has 3 N–H and O–H groups in total. The van der Waals surface area contributed by atoms with Crippen molar-refractivity contribution in [1.82, 2.24) is 29.7 Å². The zero-order valence-corrected chi connectivity index (χ0v) is 23.4. The van der Waals surface area contributed by atoms with Crippen molar-refractivity contribution in [3.05, 3.63) is 60.6 Å². The molecular weight excluding hydrogens is 518 g/mol. The van der Waals surface area contributed by atoms with Crippen molar-refractivity contribution in [2.45, 2.75) is 50.7 Å². The van der Waals surface area contributed by atoms with Gasteiger partial charge in [-0.1, -0.05) is 0 Å². The molecule has 10 nitrogen and oxygen atoms in total. The first kappa shape index (κ1) is 27.2. The number of amides is 1. The molecule has 0 spiro atoms. The standard InChI is InChI=1S/C31H37N7O3/c1-37-14-16-38(17-15-37)30(40)29-19-21-18-22(8-9-26(21)35-29)34-31-33-13-11-27(36-31)28-20-25(10-12-32-28)41-24-6-2-4-23(39)5-3-7-24/h8-13,18-20,23-24,35,39H,2-7,14-17H2,1H3,(H,33,34,36). The Morgan fingerprint density at radius 1 is 0.951 bits per heavy atom. The first-order valence-electron chi connectivity index (χ1n) is 14.5. The number of likely N-dealkylation sites (N-methyl/N-ethyl adjacent to an activating group) is 1. The van der Waals surface area contributed by atoms with Crippen molar-refractivity contribution in [3.63, 3.8) is 0 Å². The lowest BCUT2D eigenvalue weighted by molar-refractivity contribution is 0.0659. The number of aromatic nitrogens is 4. The van der Waals surface area contributed by atoms with E-state index in [0.717, 1.165) is 87.0 Å². The Bertz CT molecular complexity index is 1490. The molecule has 4 heterocycles. The summed E-state index contributed by atoms with van der Waals surface area (Å²) in [4.78, 5) is 34.1. The predicted molar refractivity (Wildman–Crippen MR) is 158 cm³/mol. The fourth-order valence-corrected chi connectivity index (χ4v) is 5.58. The molecule has 41 heavy (non-hydrogen) atoms. The van der Waals surface area contributed by atoms with Crippen LogP contribution >= 0.6 is 0 Å². The van der Waals surface area contributed by atoms with Crippen LogP contribution in [0.3, 0.4) is 0 Å². The second-order valence-electron chi connectivity index (χ2n) is 11.1. The molecule has 6 rings (SSSR count). The minimum absolute atomic E-state index is 0.0342. The highest BCUT2D eigenvalue weighted by molar-refractivity contribution is 5.98. The number of carbonyl (C=O) groups excluding carboxylic acids is 1. The third kappa shape index (κ3) is 6.66. The van der Waals surface area contributed by atoms with E-state index in [2.05, 4.69) is 32.2 Å². The number of nitrogens with zero attached hydrogens (tertiary/aromatic N) is 5. The number of anilines is 2. The van der Waals surface area contributed by atoms with Crippen molar-refractivity contribution in [2.24, 2.45) is 0 Å². The Morgan fingerprint density at radius 2 is 1.73 bits per heavy atom. The molecule has 3 aromatic heterocycles. The lowest BCUT2D eigenvalue weighted by atomic mass is 9.96. The average molecular weight is 556 g/mol. The van der Waals surface area contributed by atoms with Gasteiger partial charge in [-0.2, -0.15) is 0 Å². The van der Waals surface area contributed by atoms with Crippen molar-refractivity contribution in [2.75, 3.05) is 38.5 Å². The van der Waals surface area contributed by atoms with Gasteiger partial charge in [0, 0.05) is 61.2 Å². The number of ether oxygens (including phenoxy) is 1. The number of carbonyl (C=O) groups is 1. The molecule has 10 heteroatoms. The monoisotopic (exact) mass is 555 g/mol. The van der Waals surface area contributed by atoms with Crippen LogP contribution in [-0.2, 0) is 0 Å². The normalized spacial score (nSPS) is 20.4. The largest absolute Gasteiger partial charge is 0.490 e. The lowest BCUT2D eigenvalue weighted by Crippen LogP contribution is -2.47. The summed E-state index contributed by atoms with van der Waals surface area (Å²) >= 11 is 0. The van der Waals surface area contributed by atoms with Gasteiger partial charge in [0.25, 0.3) is 5.91 Å². The first-order valence-corrected chi connectivity index (χ1v) is 14.5. The van der Waals surface area contributed by atoms with E-state index in [1.165, 1.54) is 0 Å². The Balaban J connectivity index is 1.13. The second-order valence-corrected chi connectivity index (χ2v) is 11.1. The van der Waals surface area contributed by atoms with Gasteiger partial charge in [-0.15, -0.1) is 0 Å². The van der Waals surface area contributed by atoms with E-state index < -0.39 is 0 Å². The molecular formula is C31H37N7O3. The lowest BCUT2D eigenvalue weighted by Gasteiger charge is -2.32. The number of aliphatic hydroxyl groups excluding tert-OH is 1. The van der Waals surface area contributed by atoms with Gasteiger partial charge in [0.2, 0.25) is 5.95 Å². The van der Waals surface area contributed by atoms with Gasteiger partial charge in [0.1, 0.15) is 11.4 Å². The first-order chi connectivity index (χ1) is 20.0. The van der Waals surface area contributed by atoms with E-state index in [1.807, 2.05) is 47.4 Å². The zero-order chi connectivity index (χ0) is 28.2. The van der Waals surface area contributed by atoms with E-state index >= 15 is 0 Å². The van der Waals surface area contributed by atoms with Crippen LogP contribution in [0, 0.1) is 0 Å². The topological polar surface area (TPSA) is 120 Å². The summed E-state index contributed by atoms with van der Waals surface area (Å²) in [6.45, 7) is 3.25. The van der Waals surface area contributed by atoms with E-state index in [9.17, 15) is 9.90 Å². The molecule has 0 atom stereocenters. The van der Waals surface area contributed by atoms with Gasteiger partial charge in [0.05, 0.1) is 23.6 Å². The molecule has 2 fully saturated rings. The van der Waals surface area contributed by atoms with Crippen LogP contribution in [0.25, 0.3) is 22.3 Å².